The molecular weight excluding hydrogens is 443 g/mol. The van der Waals surface area contributed by atoms with Crippen LogP contribution in [-0.4, -0.2) is 29.3 Å². The van der Waals surface area contributed by atoms with Crippen molar-refractivity contribution in [2.45, 2.75) is 25.0 Å². The van der Waals surface area contributed by atoms with Gasteiger partial charge in [-0.1, -0.05) is 35.1 Å². The van der Waals surface area contributed by atoms with Crippen LogP contribution in [0.5, 0.6) is 5.75 Å². The fourth-order valence-corrected chi connectivity index (χ4v) is 5.17. The first kappa shape index (κ1) is 21.4. The molecule has 160 valence electrons. The van der Waals surface area contributed by atoms with Gasteiger partial charge in [-0.3, -0.25) is 15.0 Å². The number of aldehydes is 1. The minimum absolute atomic E-state index is 0.0237. The monoisotopic (exact) mass is 460 g/mol. The van der Waals surface area contributed by atoms with Crippen molar-refractivity contribution in [1.29, 1.82) is 0 Å². The van der Waals surface area contributed by atoms with Crippen LogP contribution in [0.15, 0.2) is 47.8 Å². The summed E-state index contributed by atoms with van der Waals surface area (Å²) in [6, 6.07) is 10.00. The molecule has 0 N–H and O–H groups in total. The first-order valence-corrected chi connectivity index (χ1v) is 10.7. The quantitative estimate of drug-likeness (QED) is 0.288. The van der Waals surface area contributed by atoms with E-state index in [0.29, 0.717) is 35.4 Å². The molecule has 0 saturated carbocycles. The zero-order valence-corrected chi connectivity index (χ0v) is 18.0. The summed E-state index contributed by atoms with van der Waals surface area (Å²) in [5.41, 5.74) is 2.45. The van der Waals surface area contributed by atoms with Crippen LogP contribution in [0.2, 0.25) is 5.02 Å². The van der Waals surface area contributed by atoms with Crippen LogP contribution in [-0.2, 0) is 17.8 Å². The third-order valence-corrected chi connectivity index (χ3v) is 6.79. The molecule has 0 amide bonds. The SMILES string of the molecule is COc1ccc(CN2C(C=O)Cc3csc([N+](=O)[O-])c3C2c2cc(F)ccc2Cl)cc1. The minimum Gasteiger partial charge on any atom is -0.497 e. The molecule has 0 bridgehead atoms. The second-order valence-corrected chi connectivity index (χ2v) is 8.50. The van der Waals surface area contributed by atoms with Gasteiger partial charge in [-0.25, -0.2) is 4.39 Å². The van der Waals surface area contributed by atoms with Crippen LogP contribution in [0.4, 0.5) is 9.39 Å². The molecule has 2 aromatic carbocycles. The van der Waals surface area contributed by atoms with Crippen molar-refractivity contribution in [2.24, 2.45) is 0 Å². The van der Waals surface area contributed by atoms with E-state index in [1.165, 1.54) is 18.2 Å². The topological polar surface area (TPSA) is 72.7 Å². The standard InChI is InChI=1S/C22H18ClFN2O4S/c1-30-17-5-2-13(3-6-17)10-25-16(11-27)8-14-12-31-22(26(28)29)20(14)21(25)18-9-15(24)4-7-19(18)23/h2-7,9,11-12,16,21H,8,10H2,1H3. The lowest BCUT2D eigenvalue weighted by Crippen LogP contribution is -2.44. The Morgan fingerprint density at radius 3 is 2.71 bits per heavy atom. The molecule has 2 heterocycles. The zero-order valence-electron chi connectivity index (χ0n) is 16.5. The van der Waals surface area contributed by atoms with Crippen molar-refractivity contribution in [3.8, 4) is 5.75 Å². The summed E-state index contributed by atoms with van der Waals surface area (Å²) in [7, 11) is 1.57. The van der Waals surface area contributed by atoms with Gasteiger partial charge in [0.15, 0.2) is 0 Å². The summed E-state index contributed by atoms with van der Waals surface area (Å²) in [6.45, 7) is 0.317. The summed E-state index contributed by atoms with van der Waals surface area (Å²) in [5, 5.41) is 13.7. The van der Waals surface area contributed by atoms with Gasteiger partial charge in [0.25, 0.3) is 0 Å². The predicted molar refractivity (Wildman–Crippen MR) is 116 cm³/mol. The summed E-state index contributed by atoms with van der Waals surface area (Å²) in [4.78, 5) is 25.2. The lowest BCUT2D eigenvalue weighted by Gasteiger charge is -2.40. The van der Waals surface area contributed by atoms with E-state index in [4.69, 9.17) is 16.3 Å². The number of ether oxygens (including phenoxy) is 1. The van der Waals surface area contributed by atoms with Crippen molar-refractivity contribution in [3.05, 3.63) is 91.1 Å². The number of halogens is 2. The molecule has 9 heteroatoms. The molecule has 1 aliphatic rings. The van der Waals surface area contributed by atoms with Gasteiger partial charge in [0.2, 0.25) is 0 Å². The highest BCUT2D eigenvalue weighted by Gasteiger charge is 2.42. The molecule has 0 fully saturated rings. The van der Waals surface area contributed by atoms with E-state index < -0.39 is 22.8 Å². The highest BCUT2D eigenvalue weighted by atomic mass is 35.5. The highest BCUT2D eigenvalue weighted by Crippen LogP contribution is 2.47. The van der Waals surface area contributed by atoms with Crippen LogP contribution in [0.3, 0.4) is 0 Å². The molecule has 0 aliphatic carbocycles. The van der Waals surface area contributed by atoms with E-state index in [1.54, 1.807) is 24.6 Å². The number of carbonyl (C=O) groups is 1. The van der Waals surface area contributed by atoms with Crippen LogP contribution in [0.25, 0.3) is 0 Å². The molecule has 6 nitrogen and oxygen atoms in total. The number of fused-ring (bicyclic) bond motifs is 1. The lowest BCUT2D eigenvalue weighted by atomic mass is 9.86. The first-order chi connectivity index (χ1) is 14.9. The van der Waals surface area contributed by atoms with Gasteiger partial charge in [-0.05, 0) is 53.4 Å². The van der Waals surface area contributed by atoms with E-state index in [0.717, 1.165) is 23.2 Å². The molecule has 1 aliphatic heterocycles. The maximum Gasteiger partial charge on any atom is 0.329 e. The third-order valence-electron chi connectivity index (χ3n) is 5.45. The number of nitro groups is 1. The Morgan fingerprint density at radius 2 is 2.06 bits per heavy atom. The number of hydrogen-bond donors (Lipinski definition) is 0. The molecule has 2 atom stereocenters. The van der Waals surface area contributed by atoms with Gasteiger partial charge >= 0.3 is 5.00 Å². The minimum atomic E-state index is -0.740. The van der Waals surface area contributed by atoms with E-state index in [1.807, 2.05) is 17.0 Å². The molecule has 3 aromatic rings. The lowest BCUT2D eigenvalue weighted by molar-refractivity contribution is -0.381. The van der Waals surface area contributed by atoms with E-state index in [2.05, 4.69) is 0 Å². The van der Waals surface area contributed by atoms with Crippen LogP contribution >= 0.6 is 22.9 Å². The van der Waals surface area contributed by atoms with Crippen molar-refractivity contribution in [2.75, 3.05) is 7.11 Å². The average molecular weight is 461 g/mol. The predicted octanol–water partition coefficient (Wildman–Crippen LogP) is 5.17. The van der Waals surface area contributed by atoms with Gasteiger partial charge in [0.05, 0.1) is 29.7 Å². The second-order valence-electron chi connectivity index (χ2n) is 7.23. The van der Waals surface area contributed by atoms with Gasteiger partial charge < -0.3 is 9.53 Å². The molecule has 0 saturated heterocycles. The van der Waals surface area contributed by atoms with Gasteiger partial charge in [-0.2, -0.15) is 0 Å². The Morgan fingerprint density at radius 1 is 1.32 bits per heavy atom. The number of thiophene rings is 1. The number of nitrogens with zero attached hydrogens (tertiary/aromatic N) is 2. The van der Waals surface area contributed by atoms with Crippen LogP contribution < -0.4 is 4.74 Å². The first-order valence-electron chi connectivity index (χ1n) is 9.46. The Bertz CT molecular complexity index is 1140. The summed E-state index contributed by atoms with van der Waals surface area (Å²) < 4.78 is 19.4. The van der Waals surface area contributed by atoms with E-state index in [-0.39, 0.29) is 10.0 Å². The van der Waals surface area contributed by atoms with Crippen molar-refractivity contribution in [1.82, 2.24) is 4.90 Å². The molecule has 0 radical (unpaired) electrons. The number of rotatable bonds is 6. The Balaban J connectivity index is 1.88. The highest BCUT2D eigenvalue weighted by molar-refractivity contribution is 7.13. The molecule has 0 spiro atoms. The maximum absolute atomic E-state index is 14.2. The number of hydrogen-bond acceptors (Lipinski definition) is 6. The molecular formula is C22H18ClFN2O4S. The fourth-order valence-electron chi connectivity index (χ4n) is 4.02. The smallest absolute Gasteiger partial charge is 0.329 e. The maximum atomic E-state index is 14.2. The van der Waals surface area contributed by atoms with Gasteiger partial charge in [0.1, 0.15) is 17.9 Å². The number of methoxy groups -OCH3 is 1. The van der Waals surface area contributed by atoms with Crippen molar-refractivity contribution in [3.63, 3.8) is 0 Å². The normalized spacial score (nSPS) is 18.4. The third kappa shape index (κ3) is 4.06. The molecule has 1 aromatic heterocycles. The molecule has 2 unspecified atom stereocenters. The summed E-state index contributed by atoms with van der Waals surface area (Å²) in [6.07, 6.45) is 1.17. The summed E-state index contributed by atoms with van der Waals surface area (Å²) in [5.74, 6) is 0.186. The van der Waals surface area contributed by atoms with Gasteiger partial charge in [0, 0.05) is 16.9 Å². The Hall–Kier alpha value is -2.81. The van der Waals surface area contributed by atoms with E-state index >= 15 is 0 Å². The summed E-state index contributed by atoms with van der Waals surface area (Å²) >= 11 is 7.44. The van der Waals surface area contributed by atoms with Crippen LogP contribution in [0.1, 0.15) is 28.3 Å². The average Bonchev–Trinajstić information content (AvgIpc) is 3.19. The second kappa shape index (κ2) is 8.74. The van der Waals surface area contributed by atoms with Crippen molar-refractivity contribution < 1.29 is 18.8 Å². The fraction of sp³-hybridized carbons (Fsp3) is 0.227. The largest absolute Gasteiger partial charge is 0.497 e. The molecule has 4 rings (SSSR count). The Labute approximate surface area is 187 Å². The molecule has 31 heavy (non-hydrogen) atoms. The Kier molecular flexibility index (Phi) is 6.04. The van der Waals surface area contributed by atoms with E-state index in [9.17, 15) is 19.3 Å². The zero-order chi connectivity index (χ0) is 22.1. The van der Waals surface area contributed by atoms with Crippen LogP contribution in [0, 0.1) is 15.9 Å². The van der Waals surface area contributed by atoms with Crippen molar-refractivity contribution >= 4 is 34.2 Å². The number of benzene rings is 2. The van der Waals surface area contributed by atoms with Gasteiger partial charge in [-0.15, -0.1) is 0 Å². The number of carbonyl (C=O) groups excluding carboxylic acids is 1.